The largest absolute Gasteiger partial charge is 0.486 e. The zero-order valence-corrected chi connectivity index (χ0v) is 13.8. The summed E-state index contributed by atoms with van der Waals surface area (Å²) in [4.78, 5) is 0. The molecule has 1 fully saturated rings. The van der Waals surface area contributed by atoms with E-state index in [1.165, 1.54) is 5.56 Å². The molecule has 3 rings (SSSR count). The highest BCUT2D eigenvalue weighted by Crippen LogP contribution is 2.35. The van der Waals surface area contributed by atoms with Crippen LogP contribution in [-0.4, -0.2) is 46.1 Å². The molecule has 0 amide bonds. The molecule has 6 nitrogen and oxygen atoms in total. The summed E-state index contributed by atoms with van der Waals surface area (Å²) in [6.07, 6.45) is 1.05. The Morgan fingerprint density at radius 2 is 2.13 bits per heavy atom. The van der Waals surface area contributed by atoms with Crippen LogP contribution in [0.1, 0.15) is 24.9 Å². The number of benzene rings is 1. The predicted octanol–water partition coefficient (Wildman–Crippen LogP) is 1.24. The maximum Gasteiger partial charge on any atom is 0.161 e. The minimum atomic E-state index is 0.283. The fourth-order valence-corrected chi connectivity index (χ4v) is 3.07. The topological polar surface area (TPSA) is 63.8 Å². The van der Waals surface area contributed by atoms with Crippen molar-refractivity contribution in [3.8, 4) is 11.5 Å². The van der Waals surface area contributed by atoms with E-state index in [0.717, 1.165) is 50.8 Å². The lowest BCUT2D eigenvalue weighted by Gasteiger charge is -2.23. The van der Waals surface area contributed by atoms with Crippen LogP contribution in [0.25, 0.3) is 0 Å². The Hall–Kier alpha value is -1.34. The zero-order chi connectivity index (χ0) is 15.9. The first-order chi connectivity index (χ1) is 11.4. The third-order valence-electron chi connectivity index (χ3n) is 4.27. The molecule has 0 bridgehead atoms. The van der Waals surface area contributed by atoms with Crippen molar-refractivity contribution >= 4 is 0 Å². The number of nitrogens with one attached hydrogen (secondary N) is 3. The van der Waals surface area contributed by atoms with Gasteiger partial charge in [0.2, 0.25) is 0 Å². The summed E-state index contributed by atoms with van der Waals surface area (Å²) >= 11 is 0. The lowest BCUT2D eigenvalue weighted by Crippen LogP contribution is -2.29. The van der Waals surface area contributed by atoms with Crippen molar-refractivity contribution in [2.24, 2.45) is 5.92 Å². The van der Waals surface area contributed by atoms with Gasteiger partial charge < -0.3 is 19.5 Å². The average molecular weight is 321 g/mol. The molecule has 1 saturated heterocycles. The van der Waals surface area contributed by atoms with Crippen LogP contribution >= 0.6 is 0 Å². The van der Waals surface area contributed by atoms with E-state index in [2.05, 4.69) is 28.3 Å². The number of rotatable bonds is 8. The van der Waals surface area contributed by atoms with E-state index in [1.807, 2.05) is 13.0 Å². The molecule has 0 saturated carbocycles. The number of ether oxygens (including phenoxy) is 3. The van der Waals surface area contributed by atoms with E-state index in [0.29, 0.717) is 19.1 Å². The molecule has 1 aromatic carbocycles. The molecule has 2 aliphatic rings. The number of hydrogen-bond donors (Lipinski definition) is 3. The first-order valence-corrected chi connectivity index (χ1v) is 8.55. The Morgan fingerprint density at radius 1 is 1.26 bits per heavy atom. The highest BCUT2D eigenvalue weighted by molar-refractivity contribution is 5.45. The molecule has 2 heterocycles. The first kappa shape index (κ1) is 16.5. The third kappa shape index (κ3) is 4.35. The summed E-state index contributed by atoms with van der Waals surface area (Å²) in [5.74, 6) is 2.20. The van der Waals surface area contributed by atoms with Gasteiger partial charge in [0, 0.05) is 32.2 Å². The monoisotopic (exact) mass is 321 g/mol. The number of fused-ring (bicyclic) bond motifs is 1. The Kier molecular flexibility index (Phi) is 6.10. The van der Waals surface area contributed by atoms with Crippen LogP contribution in [0.4, 0.5) is 0 Å². The second kappa shape index (κ2) is 8.49. The normalized spacial score (nSPS) is 23.2. The van der Waals surface area contributed by atoms with E-state index in [4.69, 9.17) is 14.2 Å². The quantitative estimate of drug-likeness (QED) is 0.626. The van der Waals surface area contributed by atoms with E-state index in [1.54, 1.807) is 0 Å². The molecular formula is C17H27N3O3. The molecule has 3 N–H and O–H groups in total. The van der Waals surface area contributed by atoms with Crippen LogP contribution in [-0.2, 0) is 4.74 Å². The van der Waals surface area contributed by atoms with E-state index >= 15 is 0 Å². The van der Waals surface area contributed by atoms with Crippen LogP contribution in [0.3, 0.4) is 0 Å². The van der Waals surface area contributed by atoms with Crippen molar-refractivity contribution in [1.29, 1.82) is 0 Å². The van der Waals surface area contributed by atoms with Crippen molar-refractivity contribution in [1.82, 2.24) is 16.2 Å². The fraction of sp³-hybridized carbons (Fsp3) is 0.647. The Balaban J connectivity index is 1.52. The highest BCUT2D eigenvalue weighted by atomic mass is 16.6. The number of hydrogen-bond acceptors (Lipinski definition) is 6. The predicted molar refractivity (Wildman–Crippen MR) is 88.8 cm³/mol. The molecule has 23 heavy (non-hydrogen) atoms. The van der Waals surface area contributed by atoms with Gasteiger partial charge in [0.05, 0.1) is 6.04 Å². The van der Waals surface area contributed by atoms with Gasteiger partial charge in [-0.1, -0.05) is 6.07 Å². The molecule has 0 spiro atoms. The molecule has 0 aliphatic carbocycles. The van der Waals surface area contributed by atoms with Crippen molar-refractivity contribution in [2.45, 2.75) is 19.4 Å². The van der Waals surface area contributed by atoms with Gasteiger partial charge in [-0.05, 0) is 37.6 Å². The minimum absolute atomic E-state index is 0.283. The van der Waals surface area contributed by atoms with Crippen LogP contribution in [0, 0.1) is 5.92 Å². The zero-order valence-electron chi connectivity index (χ0n) is 13.8. The lowest BCUT2D eigenvalue weighted by atomic mass is 9.94. The molecule has 2 aliphatic heterocycles. The Morgan fingerprint density at radius 3 is 3.00 bits per heavy atom. The van der Waals surface area contributed by atoms with Gasteiger partial charge >= 0.3 is 0 Å². The second-order valence-electron chi connectivity index (χ2n) is 5.92. The molecule has 0 radical (unpaired) electrons. The summed E-state index contributed by atoms with van der Waals surface area (Å²) < 4.78 is 16.6. The van der Waals surface area contributed by atoms with Gasteiger partial charge in [-0.2, -0.15) is 0 Å². The number of hydrazine groups is 1. The van der Waals surface area contributed by atoms with E-state index in [9.17, 15) is 0 Å². The summed E-state index contributed by atoms with van der Waals surface area (Å²) in [5, 5.41) is 3.53. The van der Waals surface area contributed by atoms with Gasteiger partial charge in [-0.25, -0.2) is 5.43 Å². The highest BCUT2D eigenvalue weighted by Gasteiger charge is 2.28. The van der Waals surface area contributed by atoms with Crippen LogP contribution in [0.5, 0.6) is 11.5 Å². The lowest BCUT2D eigenvalue weighted by molar-refractivity contribution is 0.144. The molecule has 0 aromatic heterocycles. The van der Waals surface area contributed by atoms with Crippen molar-refractivity contribution < 1.29 is 14.2 Å². The molecule has 128 valence electrons. The third-order valence-corrected chi connectivity index (χ3v) is 4.27. The van der Waals surface area contributed by atoms with E-state index in [-0.39, 0.29) is 6.04 Å². The molecule has 1 aromatic rings. The summed E-state index contributed by atoms with van der Waals surface area (Å²) in [7, 11) is 0. The van der Waals surface area contributed by atoms with Gasteiger partial charge in [0.1, 0.15) is 13.2 Å². The molecule has 6 heteroatoms. The molecule has 2 unspecified atom stereocenters. The summed E-state index contributed by atoms with van der Waals surface area (Å²) in [5.41, 5.74) is 7.89. The van der Waals surface area contributed by atoms with Gasteiger partial charge in [0.15, 0.2) is 11.5 Å². The van der Waals surface area contributed by atoms with Gasteiger partial charge in [-0.3, -0.25) is 5.43 Å². The maximum absolute atomic E-state index is 5.69. The molecule has 2 atom stereocenters. The second-order valence-corrected chi connectivity index (χ2v) is 5.92. The van der Waals surface area contributed by atoms with Crippen LogP contribution in [0.2, 0.25) is 0 Å². The minimum Gasteiger partial charge on any atom is -0.486 e. The first-order valence-electron chi connectivity index (χ1n) is 8.55. The average Bonchev–Trinajstić information content (AvgIpc) is 3.06. The Bertz CT molecular complexity index is 498. The summed E-state index contributed by atoms with van der Waals surface area (Å²) in [6, 6.07) is 6.52. The Labute approximate surface area is 137 Å². The summed E-state index contributed by atoms with van der Waals surface area (Å²) in [6.45, 7) is 7.83. The van der Waals surface area contributed by atoms with Crippen molar-refractivity contribution in [3.05, 3.63) is 23.8 Å². The van der Waals surface area contributed by atoms with Crippen LogP contribution < -0.4 is 25.6 Å². The van der Waals surface area contributed by atoms with Gasteiger partial charge in [0.25, 0.3) is 0 Å². The van der Waals surface area contributed by atoms with E-state index < -0.39 is 0 Å². The molecular weight excluding hydrogens is 294 g/mol. The SMILES string of the molecule is CCOCCCNCC1CNNC1c1ccc2c(c1)OCCO2. The fourth-order valence-electron chi connectivity index (χ4n) is 3.07. The van der Waals surface area contributed by atoms with Crippen molar-refractivity contribution in [3.63, 3.8) is 0 Å². The smallest absolute Gasteiger partial charge is 0.161 e. The van der Waals surface area contributed by atoms with Gasteiger partial charge in [-0.15, -0.1) is 0 Å². The van der Waals surface area contributed by atoms with Crippen molar-refractivity contribution in [2.75, 3.05) is 46.1 Å². The van der Waals surface area contributed by atoms with Crippen LogP contribution in [0.15, 0.2) is 18.2 Å². The standard InChI is InChI=1S/C17H27N3O3/c1-2-21-7-3-6-18-11-14-12-19-20-17(14)13-4-5-15-16(10-13)23-9-8-22-15/h4-5,10,14,17-20H,2-3,6-9,11-12H2,1H3. The maximum atomic E-state index is 5.69.